The lowest BCUT2D eigenvalue weighted by Gasteiger charge is -2.09. The van der Waals surface area contributed by atoms with Gasteiger partial charge in [-0.2, -0.15) is 5.10 Å². The van der Waals surface area contributed by atoms with E-state index in [0.717, 1.165) is 12.1 Å². The number of anilines is 1. The number of ether oxygens (including phenoxy) is 1. The Morgan fingerprint density at radius 2 is 2.12 bits per heavy atom. The highest BCUT2D eigenvalue weighted by Gasteiger charge is 2.15. The van der Waals surface area contributed by atoms with Gasteiger partial charge in [0.25, 0.3) is 5.69 Å². The molecule has 0 fully saturated rings. The number of nitrogens with one attached hydrogen (secondary N) is 2. The van der Waals surface area contributed by atoms with E-state index in [1.807, 2.05) is 0 Å². The van der Waals surface area contributed by atoms with Gasteiger partial charge >= 0.3 is 0 Å². The van der Waals surface area contributed by atoms with Crippen LogP contribution >= 0.6 is 35.4 Å². The fraction of sp³-hybridized carbons (Fsp3) is 0.0667. The second kappa shape index (κ2) is 8.65. The van der Waals surface area contributed by atoms with Crippen LogP contribution in [0.2, 0.25) is 10.0 Å². The molecule has 0 radical (unpaired) electrons. The van der Waals surface area contributed by atoms with Gasteiger partial charge in [-0.25, -0.2) is 0 Å². The number of non-ortho nitro benzene ring substituents is 1. The van der Waals surface area contributed by atoms with Crippen LogP contribution in [0.1, 0.15) is 5.56 Å². The second-order valence-corrected chi connectivity index (χ2v) is 6.04. The van der Waals surface area contributed by atoms with E-state index in [-0.39, 0.29) is 27.9 Å². The number of nitro benzene ring substituents is 1. The van der Waals surface area contributed by atoms with Crippen molar-refractivity contribution in [1.82, 2.24) is 5.43 Å². The first kappa shape index (κ1) is 19.7. The highest BCUT2D eigenvalue weighted by molar-refractivity contribution is 7.80. The van der Waals surface area contributed by atoms with Crippen molar-refractivity contribution < 1.29 is 14.8 Å². The smallest absolute Gasteiger partial charge is 0.274 e. The van der Waals surface area contributed by atoms with Crippen LogP contribution in [0, 0.1) is 10.1 Å². The molecule has 11 heteroatoms. The summed E-state index contributed by atoms with van der Waals surface area (Å²) in [7, 11) is 1.28. The van der Waals surface area contributed by atoms with Gasteiger partial charge in [0.1, 0.15) is 0 Å². The molecule has 8 nitrogen and oxygen atoms in total. The summed E-state index contributed by atoms with van der Waals surface area (Å²) in [6.45, 7) is 0. The summed E-state index contributed by atoms with van der Waals surface area (Å²) in [5.74, 6) is -0.336. The van der Waals surface area contributed by atoms with Gasteiger partial charge in [0.15, 0.2) is 16.6 Å². The van der Waals surface area contributed by atoms with Gasteiger partial charge in [0.2, 0.25) is 0 Å². The molecule has 0 spiro atoms. The number of phenols is 1. The number of halogens is 2. The number of methoxy groups -OCH3 is 1. The minimum absolute atomic E-state index is 0.0469. The van der Waals surface area contributed by atoms with Crippen LogP contribution in [0.15, 0.2) is 35.4 Å². The molecule has 0 saturated heterocycles. The van der Waals surface area contributed by atoms with Crippen molar-refractivity contribution >= 4 is 58.1 Å². The molecule has 0 aliphatic carbocycles. The summed E-state index contributed by atoms with van der Waals surface area (Å²) in [5.41, 5.74) is 2.85. The van der Waals surface area contributed by atoms with Crippen LogP contribution < -0.4 is 15.5 Å². The summed E-state index contributed by atoms with van der Waals surface area (Å²) in [6, 6.07) is 7.07. The van der Waals surface area contributed by atoms with Gasteiger partial charge < -0.3 is 15.2 Å². The van der Waals surface area contributed by atoms with Crippen molar-refractivity contribution in [3.8, 4) is 11.5 Å². The summed E-state index contributed by atoms with van der Waals surface area (Å²) in [5, 5.41) is 28.5. The summed E-state index contributed by atoms with van der Waals surface area (Å²) in [4.78, 5) is 10.3. The van der Waals surface area contributed by atoms with Gasteiger partial charge in [-0.1, -0.05) is 23.2 Å². The molecule has 0 amide bonds. The number of rotatable bonds is 5. The Morgan fingerprint density at radius 1 is 1.38 bits per heavy atom. The third-order valence-corrected chi connectivity index (χ3v) is 3.81. The standard InChI is InChI=1S/C15H12Cl2N4O4S/c1-25-13-6-10(21(23)24)4-8(14(13)22)7-18-20-15(26)19-12-3-2-9(16)5-11(12)17/h2-7,22H,1H3,(H2,19,20,26)/b18-7+. The predicted molar refractivity (Wildman–Crippen MR) is 105 cm³/mol. The molecule has 2 rings (SSSR count). The molecule has 2 aromatic carbocycles. The minimum Gasteiger partial charge on any atom is -0.504 e. The normalized spacial score (nSPS) is 10.6. The maximum absolute atomic E-state index is 10.9. The van der Waals surface area contributed by atoms with E-state index < -0.39 is 4.92 Å². The molecule has 0 unspecified atom stereocenters. The Balaban J connectivity index is 2.11. The molecule has 0 aliphatic rings. The number of nitrogens with zero attached hydrogens (tertiary/aromatic N) is 2. The average Bonchev–Trinajstić information content (AvgIpc) is 2.58. The average molecular weight is 415 g/mol. The first-order chi connectivity index (χ1) is 12.3. The first-order valence-electron chi connectivity index (χ1n) is 6.92. The fourth-order valence-electron chi connectivity index (χ4n) is 1.88. The molecule has 0 bridgehead atoms. The quantitative estimate of drug-likeness (QED) is 0.294. The number of phenolic OH excluding ortho intramolecular Hbond substituents is 1. The maximum Gasteiger partial charge on any atom is 0.274 e. The Kier molecular flexibility index (Phi) is 6.56. The van der Waals surface area contributed by atoms with Crippen LogP contribution in [0.3, 0.4) is 0 Å². The van der Waals surface area contributed by atoms with Gasteiger partial charge in [0.05, 0.1) is 35.0 Å². The van der Waals surface area contributed by atoms with E-state index in [0.29, 0.717) is 15.7 Å². The number of hydrogen-bond acceptors (Lipinski definition) is 6. The molecule has 0 heterocycles. The molecule has 0 aliphatic heterocycles. The van der Waals surface area contributed by atoms with Crippen molar-refractivity contribution in [2.24, 2.45) is 5.10 Å². The monoisotopic (exact) mass is 414 g/mol. The lowest BCUT2D eigenvalue weighted by atomic mass is 10.2. The zero-order valence-electron chi connectivity index (χ0n) is 13.2. The van der Waals surface area contributed by atoms with Crippen molar-refractivity contribution in [3.63, 3.8) is 0 Å². The van der Waals surface area contributed by atoms with E-state index in [1.54, 1.807) is 18.2 Å². The summed E-state index contributed by atoms with van der Waals surface area (Å²) < 4.78 is 4.91. The number of thiocarbonyl (C=S) groups is 1. The van der Waals surface area contributed by atoms with Gasteiger partial charge in [-0.05, 0) is 30.4 Å². The lowest BCUT2D eigenvalue weighted by Crippen LogP contribution is -2.24. The van der Waals surface area contributed by atoms with E-state index in [1.165, 1.54) is 13.3 Å². The highest BCUT2D eigenvalue weighted by Crippen LogP contribution is 2.33. The predicted octanol–water partition coefficient (Wildman–Crippen LogP) is 3.94. The third-order valence-electron chi connectivity index (χ3n) is 3.07. The molecular formula is C15H12Cl2N4O4S. The minimum atomic E-state index is -0.610. The highest BCUT2D eigenvalue weighted by atomic mass is 35.5. The molecule has 0 atom stereocenters. The van der Waals surface area contributed by atoms with Crippen LogP contribution in [0.5, 0.6) is 11.5 Å². The van der Waals surface area contributed by atoms with Gasteiger partial charge in [-0.15, -0.1) is 0 Å². The number of hydrogen-bond donors (Lipinski definition) is 3. The van der Waals surface area contributed by atoms with E-state index in [4.69, 9.17) is 40.2 Å². The lowest BCUT2D eigenvalue weighted by molar-refractivity contribution is -0.385. The maximum atomic E-state index is 10.9. The number of benzene rings is 2. The van der Waals surface area contributed by atoms with Crippen molar-refractivity contribution in [1.29, 1.82) is 0 Å². The zero-order chi connectivity index (χ0) is 19.3. The first-order valence-corrected chi connectivity index (χ1v) is 8.08. The number of aromatic hydroxyl groups is 1. The molecule has 0 aromatic heterocycles. The molecule has 0 saturated carbocycles. The second-order valence-electron chi connectivity index (χ2n) is 4.79. The van der Waals surface area contributed by atoms with Crippen molar-refractivity contribution in [2.45, 2.75) is 0 Å². The number of nitro groups is 1. The van der Waals surface area contributed by atoms with Gasteiger partial charge in [-0.3, -0.25) is 15.5 Å². The fourth-order valence-corrected chi connectivity index (χ4v) is 2.49. The Labute approximate surface area is 163 Å². The van der Waals surface area contributed by atoms with Crippen molar-refractivity contribution in [3.05, 3.63) is 56.1 Å². The zero-order valence-corrected chi connectivity index (χ0v) is 15.5. The Bertz CT molecular complexity index is 892. The third kappa shape index (κ3) is 4.94. The Hall–Kier alpha value is -2.62. The molecule has 2 aromatic rings. The summed E-state index contributed by atoms with van der Waals surface area (Å²) >= 11 is 16.9. The van der Waals surface area contributed by atoms with Crippen LogP contribution in [0.25, 0.3) is 0 Å². The van der Waals surface area contributed by atoms with Crippen LogP contribution in [-0.4, -0.2) is 28.5 Å². The topological polar surface area (TPSA) is 109 Å². The van der Waals surface area contributed by atoms with E-state index in [9.17, 15) is 15.2 Å². The molecular weight excluding hydrogens is 403 g/mol. The number of hydrazone groups is 1. The largest absolute Gasteiger partial charge is 0.504 e. The Morgan fingerprint density at radius 3 is 2.73 bits per heavy atom. The van der Waals surface area contributed by atoms with E-state index in [2.05, 4.69) is 15.8 Å². The van der Waals surface area contributed by atoms with Crippen molar-refractivity contribution in [2.75, 3.05) is 12.4 Å². The molecule has 136 valence electrons. The molecule has 26 heavy (non-hydrogen) atoms. The summed E-state index contributed by atoms with van der Waals surface area (Å²) in [6.07, 6.45) is 1.17. The van der Waals surface area contributed by atoms with Crippen LogP contribution in [0.4, 0.5) is 11.4 Å². The van der Waals surface area contributed by atoms with Crippen LogP contribution in [-0.2, 0) is 0 Å². The van der Waals surface area contributed by atoms with Gasteiger partial charge in [0, 0.05) is 16.7 Å². The molecule has 3 N–H and O–H groups in total. The van der Waals surface area contributed by atoms with E-state index >= 15 is 0 Å². The SMILES string of the molecule is COc1cc([N+](=O)[O-])cc(/C=N/NC(=S)Nc2ccc(Cl)cc2Cl)c1O.